The molecule has 0 bridgehead atoms. The molecule has 0 unspecified atom stereocenters. The highest BCUT2D eigenvalue weighted by Crippen LogP contribution is 2.38. The Hall–Kier alpha value is -2.86. The molecule has 2 aromatic heterocycles. The number of hydrogen-bond acceptors (Lipinski definition) is 3. The quantitative estimate of drug-likeness (QED) is 0.567. The molecular formula is C29H37N3O3. The van der Waals surface area contributed by atoms with Gasteiger partial charge in [0.2, 0.25) is 5.91 Å². The zero-order chi connectivity index (χ0) is 24.9. The zero-order valence-corrected chi connectivity index (χ0v) is 21.3. The largest absolute Gasteiger partial charge is 0.393 e. The monoisotopic (exact) mass is 475 g/mol. The minimum Gasteiger partial charge on any atom is -0.393 e. The highest BCUT2D eigenvalue weighted by Gasteiger charge is 2.33. The number of rotatable bonds is 4. The summed E-state index contributed by atoms with van der Waals surface area (Å²) in [5.41, 5.74) is 6.64. The number of nitrogens with one attached hydrogen (secondary N) is 1. The van der Waals surface area contributed by atoms with E-state index in [0.717, 1.165) is 61.1 Å². The van der Waals surface area contributed by atoms with Gasteiger partial charge in [0.1, 0.15) is 0 Å². The fourth-order valence-electron chi connectivity index (χ4n) is 6.20. The van der Waals surface area contributed by atoms with E-state index < -0.39 is 0 Å². The van der Waals surface area contributed by atoms with E-state index in [9.17, 15) is 14.7 Å². The van der Waals surface area contributed by atoms with Gasteiger partial charge in [0, 0.05) is 54.3 Å². The number of aromatic nitrogens is 2. The summed E-state index contributed by atoms with van der Waals surface area (Å²) in [6.45, 7) is 7.89. The number of amides is 1. The fraction of sp³-hybridized carbons (Fsp3) is 0.517. The highest BCUT2D eigenvalue weighted by atomic mass is 16.3. The maximum atomic E-state index is 12.9. The summed E-state index contributed by atoms with van der Waals surface area (Å²) in [5, 5.41) is 11.1. The Morgan fingerprint density at radius 2 is 1.86 bits per heavy atom. The second kappa shape index (κ2) is 9.30. The van der Waals surface area contributed by atoms with E-state index in [-0.39, 0.29) is 23.5 Å². The molecule has 186 valence electrons. The smallest absolute Gasteiger partial charge is 0.253 e. The Labute approximate surface area is 207 Å². The number of aliphatic hydroxyl groups is 1. The summed E-state index contributed by atoms with van der Waals surface area (Å²) in [7, 11) is 1.81. The first-order valence-corrected chi connectivity index (χ1v) is 13.0. The average Bonchev–Trinajstić information content (AvgIpc) is 3.45. The topological polar surface area (TPSA) is 78.3 Å². The van der Waals surface area contributed by atoms with E-state index in [0.29, 0.717) is 18.3 Å². The molecule has 2 aliphatic rings. The van der Waals surface area contributed by atoms with E-state index in [1.54, 1.807) is 11.6 Å². The van der Waals surface area contributed by atoms with Crippen molar-refractivity contribution in [2.45, 2.75) is 70.8 Å². The van der Waals surface area contributed by atoms with Crippen molar-refractivity contribution in [1.29, 1.82) is 0 Å². The number of aromatic amines is 1. The number of nitrogens with zero attached hydrogens (tertiary/aromatic N) is 2. The lowest BCUT2D eigenvalue weighted by molar-refractivity contribution is -0.136. The Kier molecular flexibility index (Phi) is 6.34. The maximum absolute atomic E-state index is 12.9. The lowest BCUT2D eigenvalue weighted by Crippen LogP contribution is -2.41. The Morgan fingerprint density at radius 3 is 2.49 bits per heavy atom. The van der Waals surface area contributed by atoms with Crippen molar-refractivity contribution in [1.82, 2.24) is 14.5 Å². The van der Waals surface area contributed by atoms with Crippen LogP contribution in [0.4, 0.5) is 0 Å². The van der Waals surface area contributed by atoms with E-state index in [4.69, 9.17) is 0 Å². The van der Waals surface area contributed by atoms with Crippen LogP contribution in [0.25, 0.3) is 22.2 Å². The summed E-state index contributed by atoms with van der Waals surface area (Å²) in [6, 6.07) is 8.74. The number of H-pyrrole nitrogens is 1. The Bertz CT molecular complexity index is 1280. The van der Waals surface area contributed by atoms with Gasteiger partial charge in [0.15, 0.2) is 0 Å². The van der Waals surface area contributed by atoms with Gasteiger partial charge in [-0.15, -0.1) is 0 Å². The van der Waals surface area contributed by atoms with E-state index in [1.807, 2.05) is 24.1 Å². The number of aryl methyl sites for hydroxylation is 2. The molecule has 1 saturated heterocycles. The van der Waals surface area contributed by atoms with Gasteiger partial charge in [-0.05, 0) is 80.2 Å². The molecule has 0 radical (unpaired) electrons. The minimum absolute atomic E-state index is 0.00546. The predicted octanol–water partition coefficient (Wildman–Crippen LogP) is 4.83. The van der Waals surface area contributed by atoms with Gasteiger partial charge < -0.3 is 19.6 Å². The molecule has 6 nitrogen and oxygen atoms in total. The number of likely N-dealkylation sites (tertiary alicyclic amines) is 1. The molecule has 1 aliphatic carbocycles. The molecular weight excluding hydrogens is 438 g/mol. The first kappa shape index (κ1) is 23.9. The molecule has 3 heterocycles. The Morgan fingerprint density at radius 1 is 1.11 bits per heavy atom. The number of piperidine rings is 1. The van der Waals surface area contributed by atoms with Crippen molar-refractivity contribution in [3.8, 4) is 11.3 Å². The number of hydrogen-bond donors (Lipinski definition) is 2. The number of pyridine rings is 1. The minimum atomic E-state index is -0.306. The summed E-state index contributed by atoms with van der Waals surface area (Å²) in [4.78, 5) is 30.8. The first-order chi connectivity index (χ1) is 16.7. The predicted molar refractivity (Wildman–Crippen MR) is 140 cm³/mol. The van der Waals surface area contributed by atoms with E-state index in [2.05, 4.69) is 37.0 Å². The molecule has 1 aromatic carbocycles. The van der Waals surface area contributed by atoms with Crippen molar-refractivity contribution in [2.24, 2.45) is 13.0 Å². The van der Waals surface area contributed by atoms with Crippen LogP contribution in [-0.4, -0.2) is 44.7 Å². The molecule has 35 heavy (non-hydrogen) atoms. The SMILES string of the molecule is Cc1cc(-c2[nH]c3ccc(C4CCN(C(=O)[C@@H]5CC[C@@H](O)C5)CC4)cc3c2C(C)C)cn(C)c1=O. The van der Waals surface area contributed by atoms with Crippen LogP contribution in [0.15, 0.2) is 35.3 Å². The molecule has 6 heteroatoms. The van der Waals surface area contributed by atoms with Crippen LogP contribution in [0, 0.1) is 12.8 Å². The summed E-state index contributed by atoms with van der Waals surface area (Å²) >= 11 is 0. The molecule has 2 fully saturated rings. The van der Waals surface area contributed by atoms with Crippen LogP contribution in [0.5, 0.6) is 0 Å². The van der Waals surface area contributed by atoms with Gasteiger partial charge in [0.05, 0.1) is 11.8 Å². The van der Waals surface area contributed by atoms with Gasteiger partial charge in [-0.3, -0.25) is 9.59 Å². The first-order valence-electron chi connectivity index (χ1n) is 13.0. The average molecular weight is 476 g/mol. The number of fused-ring (bicyclic) bond motifs is 1. The third-order valence-electron chi connectivity index (χ3n) is 8.12. The van der Waals surface area contributed by atoms with Gasteiger partial charge in [-0.1, -0.05) is 19.9 Å². The third kappa shape index (κ3) is 4.44. The summed E-state index contributed by atoms with van der Waals surface area (Å²) in [6.07, 6.45) is 5.75. The number of carbonyl (C=O) groups is 1. The number of aliphatic hydroxyl groups excluding tert-OH is 1. The van der Waals surface area contributed by atoms with E-state index >= 15 is 0 Å². The molecule has 3 aromatic rings. The van der Waals surface area contributed by atoms with Crippen molar-refractivity contribution in [2.75, 3.05) is 13.1 Å². The van der Waals surface area contributed by atoms with Crippen molar-refractivity contribution in [3.63, 3.8) is 0 Å². The second-order valence-corrected chi connectivity index (χ2v) is 11.0. The standard InChI is InChI=1S/C29H37N3O3/c1-17(2)26-24-15-20(19-9-11-32(12-10-19)29(35)21-5-7-23(33)14-21)6-8-25(24)30-27(26)22-13-18(3)28(34)31(4)16-22/h6,8,13,15-17,19,21,23,30,33H,5,7,9-12,14H2,1-4H3/t21-,23-/m1/s1. The van der Waals surface area contributed by atoms with Crippen LogP contribution in [0.2, 0.25) is 0 Å². The molecule has 2 atom stereocenters. The maximum Gasteiger partial charge on any atom is 0.253 e. The number of carbonyl (C=O) groups excluding carboxylic acids is 1. The van der Waals surface area contributed by atoms with Crippen LogP contribution >= 0.6 is 0 Å². The van der Waals surface area contributed by atoms with Crippen LogP contribution < -0.4 is 5.56 Å². The van der Waals surface area contributed by atoms with Gasteiger partial charge in [0.25, 0.3) is 5.56 Å². The van der Waals surface area contributed by atoms with Crippen LogP contribution in [0.1, 0.15) is 74.5 Å². The van der Waals surface area contributed by atoms with Crippen LogP contribution in [-0.2, 0) is 11.8 Å². The van der Waals surface area contributed by atoms with E-state index in [1.165, 1.54) is 16.5 Å². The summed E-state index contributed by atoms with van der Waals surface area (Å²) in [5.74, 6) is 1.01. The van der Waals surface area contributed by atoms with Gasteiger partial charge in [-0.2, -0.15) is 0 Å². The number of benzene rings is 1. The molecule has 1 amide bonds. The third-order valence-corrected chi connectivity index (χ3v) is 8.12. The lowest BCUT2D eigenvalue weighted by atomic mass is 9.87. The van der Waals surface area contributed by atoms with Crippen molar-refractivity contribution >= 4 is 16.8 Å². The summed E-state index contributed by atoms with van der Waals surface area (Å²) < 4.78 is 1.66. The molecule has 2 N–H and O–H groups in total. The lowest BCUT2D eigenvalue weighted by Gasteiger charge is -2.34. The highest BCUT2D eigenvalue weighted by molar-refractivity contribution is 5.92. The molecule has 0 spiro atoms. The molecule has 5 rings (SSSR count). The van der Waals surface area contributed by atoms with Crippen molar-refractivity contribution < 1.29 is 9.90 Å². The molecule has 1 saturated carbocycles. The zero-order valence-electron chi connectivity index (χ0n) is 21.3. The van der Waals surface area contributed by atoms with Crippen molar-refractivity contribution in [3.05, 3.63) is 57.5 Å². The Balaban J connectivity index is 1.41. The van der Waals surface area contributed by atoms with Crippen LogP contribution in [0.3, 0.4) is 0 Å². The van der Waals surface area contributed by atoms with Gasteiger partial charge in [-0.25, -0.2) is 0 Å². The normalized spacial score (nSPS) is 21.4. The fourth-order valence-corrected chi connectivity index (χ4v) is 6.20. The molecule has 1 aliphatic heterocycles. The van der Waals surface area contributed by atoms with Gasteiger partial charge >= 0.3 is 0 Å². The second-order valence-electron chi connectivity index (χ2n) is 11.0.